The number of rotatable bonds is 1. The molecule has 0 aromatic heterocycles. The van der Waals surface area contributed by atoms with Crippen LogP contribution in [-0.4, -0.2) is 40.4 Å². The molecule has 4 heteroatoms. The molecule has 1 N–H and O–H groups in total. The predicted molar refractivity (Wildman–Crippen MR) is 78.5 cm³/mol. The summed E-state index contributed by atoms with van der Waals surface area (Å²) in [5.74, 6) is 0.237. The van der Waals surface area contributed by atoms with Crippen molar-refractivity contribution >= 4 is 6.09 Å². The maximum absolute atomic E-state index is 12.5. The molecule has 1 saturated heterocycles. The first-order valence-corrected chi connectivity index (χ1v) is 8.06. The van der Waals surface area contributed by atoms with E-state index in [9.17, 15) is 9.90 Å². The van der Waals surface area contributed by atoms with E-state index in [4.69, 9.17) is 4.74 Å². The first-order chi connectivity index (χ1) is 9.38. The van der Waals surface area contributed by atoms with Gasteiger partial charge >= 0.3 is 6.09 Å². The van der Waals surface area contributed by atoms with Crippen LogP contribution in [-0.2, 0) is 4.74 Å². The van der Waals surface area contributed by atoms with Crippen molar-refractivity contribution in [2.75, 3.05) is 6.54 Å². The van der Waals surface area contributed by atoms with Gasteiger partial charge in [-0.2, -0.15) is 0 Å². The Morgan fingerprint density at radius 2 is 1.85 bits per heavy atom. The van der Waals surface area contributed by atoms with Gasteiger partial charge in [-0.05, 0) is 46.5 Å². The van der Waals surface area contributed by atoms with Crippen LogP contribution in [0.15, 0.2) is 0 Å². The van der Waals surface area contributed by atoms with Gasteiger partial charge in [-0.3, -0.25) is 0 Å². The van der Waals surface area contributed by atoms with Gasteiger partial charge in [0.1, 0.15) is 5.60 Å². The minimum absolute atomic E-state index is 0.157. The zero-order valence-corrected chi connectivity index (χ0v) is 13.1. The molecular weight excluding hydrogens is 254 g/mol. The summed E-state index contributed by atoms with van der Waals surface area (Å²) in [6.45, 7) is 6.48. The Bertz CT molecular complexity index is 337. The van der Waals surface area contributed by atoms with E-state index in [1.807, 2.05) is 25.7 Å². The van der Waals surface area contributed by atoms with Crippen molar-refractivity contribution in [2.24, 2.45) is 5.92 Å². The molecule has 1 aliphatic carbocycles. The van der Waals surface area contributed by atoms with Gasteiger partial charge in [0.25, 0.3) is 0 Å². The molecule has 3 atom stereocenters. The third kappa shape index (κ3) is 3.87. The molecule has 116 valence electrons. The number of nitrogens with zero attached hydrogens (tertiary/aromatic N) is 1. The van der Waals surface area contributed by atoms with Gasteiger partial charge in [0.05, 0.1) is 6.10 Å². The first kappa shape index (κ1) is 15.6. The highest BCUT2D eigenvalue weighted by Crippen LogP contribution is 2.35. The highest BCUT2D eigenvalue weighted by Gasteiger charge is 2.39. The molecule has 0 bridgehead atoms. The molecule has 0 radical (unpaired) electrons. The number of amides is 1. The lowest BCUT2D eigenvalue weighted by atomic mass is 9.91. The normalized spacial score (nSPS) is 32.0. The fourth-order valence-corrected chi connectivity index (χ4v) is 3.54. The monoisotopic (exact) mass is 283 g/mol. The Hall–Kier alpha value is -0.770. The molecule has 0 spiro atoms. The van der Waals surface area contributed by atoms with Gasteiger partial charge in [-0.25, -0.2) is 4.79 Å². The summed E-state index contributed by atoms with van der Waals surface area (Å²) in [6, 6.07) is 0.157. The summed E-state index contributed by atoms with van der Waals surface area (Å²) in [6.07, 6.45) is 6.89. The zero-order chi connectivity index (χ0) is 14.8. The van der Waals surface area contributed by atoms with Crippen LogP contribution in [0.2, 0.25) is 0 Å². The van der Waals surface area contributed by atoms with Gasteiger partial charge in [-0.15, -0.1) is 0 Å². The second-order valence-electron chi connectivity index (χ2n) is 7.25. The van der Waals surface area contributed by atoms with Crippen LogP contribution >= 0.6 is 0 Å². The summed E-state index contributed by atoms with van der Waals surface area (Å²) < 4.78 is 5.56. The Kier molecular flexibility index (Phi) is 4.95. The Morgan fingerprint density at radius 1 is 1.10 bits per heavy atom. The number of carbonyl (C=O) groups excluding carboxylic acids is 1. The number of likely N-dealkylation sites (tertiary alicyclic amines) is 1. The largest absolute Gasteiger partial charge is 0.444 e. The standard InChI is InChI=1S/C16H29NO3/c1-16(2,3)20-15(19)17-11-6-4-5-9-13(17)12-8-7-10-14(12)18/h12-14,18H,4-11H2,1-3H3. The second kappa shape index (κ2) is 6.33. The molecule has 4 nitrogen and oxygen atoms in total. The van der Waals surface area contributed by atoms with Crippen molar-refractivity contribution in [1.29, 1.82) is 0 Å². The molecule has 1 amide bonds. The fraction of sp³-hybridized carbons (Fsp3) is 0.938. The minimum Gasteiger partial charge on any atom is -0.444 e. The highest BCUT2D eigenvalue weighted by molar-refractivity contribution is 5.68. The van der Waals surface area contributed by atoms with E-state index in [1.165, 1.54) is 6.42 Å². The van der Waals surface area contributed by atoms with Gasteiger partial charge < -0.3 is 14.7 Å². The van der Waals surface area contributed by atoms with Crippen LogP contribution in [0.5, 0.6) is 0 Å². The molecule has 1 heterocycles. The fourth-order valence-electron chi connectivity index (χ4n) is 3.54. The van der Waals surface area contributed by atoms with Crippen molar-refractivity contribution in [2.45, 2.75) is 83.5 Å². The van der Waals surface area contributed by atoms with Crippen LogP contribution < -0.4 is 0 Å². The van der Waals surface area contributed by atoms with E-state index in [0.717, 1.165) is 45.1 Å². The molecule has 2 fully saturated rings. The number of aliphatic hydroxyl groups excluding tert-OH is 1. The lowest BCUT2D eigenvalue weighted by Gasteiger charge is -2.36. The molecule has 2 rings (SSSR count). The van der Waals surface area contributed by atoms with Crippen LogP contribution in [0.1, 0.15) is 65.7 Å². The van der Waals surface area contributed by atoms with Crippen molar-refractivity contribution in [3.63, 3.8) is 0 Å². The van der Waals surface area contributed by atoms with Crippen molar-refractivity contribution in [3.05, 3.63) is 0 Å². The summed E-state index contributed by atoms with van der Waals surface area (Å²) in [4.78, 5) is 14.4. The third-order valence-corrected chi connectivity index (χ3v) is 4.45. The van der Waals surface area contributed by atoms with Gasteiger partial charge in [0, 0.05) is 18.5 Å². The topological polar surface area (TPSA) is 49.8 Å². The average molecular weight is 283 g/mol. The number of carbonyl (C=O) groups is 1. The van der Waals surface area contributed by atoms with E-state index >= 15 is 0 Å². The zero-order valence-electron chi connectivity index (χ0n) is 13.1. The van der Waals surface area contributed by atoms with Crippen LogP contribution in [0.3, 0.4) is 0 Å². The lowest BCUT2D eigenvalue weighted by molar-refractivity contribution is -0.000374. The van der Waals surface area contributed by atoms with Crippen LogP contribution in [0.25, 0.3) is 0 Å². The molecule has 3 unspecified atom stereocenters. The molecule has 1 aliphatic heterocycles. The van der Waals surface area contributed by atoms with Gasteiger partial charge in [0.2, 0.25) is 0 Å². The van der Waals surface area contributed by atoms with E-state index in [1.54, 1.807) is 0 Å². The maximum atomic E-state index is 12.5. The SMILES string of the molecule is CC(C)(C)OC(=O)N1CCCCCC1C1CCCC1O. The smallest absolute Gasteiger partial charge is 0.410 e. The molecule has 0 aromatic carbocycles. The lowest BCUT2D eigenvalue weighted by Crippen LogP contribution is -2.48. The van der Waals surface area contributed by atoms with Crippen molar-refractivity contribution < 1.29 is 14.6 Å². The van der Waals surface area contributed by atoms with Crippen molar-refractivity contribution in [1.82, 2.24) is 4.90 Å². The van der Waals surface area contributed by atoms with E-state index in [0.29, 0.717) is 0 Å². The van der Waals surface area contributed by atoms with Gasteiger partial charge in [0.15, 0.2) is 0 Å². The first-order valence-electron chi connectivity index (χ1n) is 8.06. The third-order valence-electron chi connectivity index (χ3n) is 4.45. The number of ether oxygens (including phenoxy) is 1. The second-order valence-corrected chi connectivity index (χ2v) is 7.25. The van der Waals surface area contributed by atoms with E-state index in [2.05, 4.69) is 0 Å². The summed E-state index contributed by atoms with van der Waals surface area (Å²) in [5.41, 5.74) is -0.456. The molecule has 2 aliphatic rings. The Labute approximate surface area is 122 Å². The summed E-state index contributed by atoms with van der Waals surface area (Å²) in [5, 5.41) is 10.2. The minimum atomic E-state index is -0.456. The molecule has 1 saturated carbocycles. The van der Waals surface area contributed by atoms with Crippen LogP contribution in [0.4, 0.5) is 4.79 Å². The van der Waals surface area contributed by atoms with Gasteiger partial charge in [-0.1, -0.05) is 19.3 Å². The van der Waals surface area contributed by atoms with Crippen LogP contribution in [0, 0.1) is 5.92 Å². The molecular formula is C16H29NO3. The maximum Gasteiger partial charge on any atom is 0.410 e. The quantitative estimate of drug-likeness (QED) is 0.803. The number of aliphatic hydroxyl groups is 1. The number of hydrogen-bond acceptors (Lipinski definition) is 3. The Morgan fingerprint density at radius 3 is 2.45 bits per heavy atom. The number of hydrogen-bond donors (Lipinski definition) is 1. The summed E-state index contributed by atoms with van der Waals surface area (Å²) in [7, 11) is 0. The molecule has 0 aromatic rings. The summed E-state index contributed by atoms with van der Waals surface area (Å²) >= 11 is 0. The van der Waals surface area contributed by atoms with Crippen molar-refractivity contribution in [3.8, 4) is 0 Å². The molecule has 20 heavy (non-hydrogen) atoms. The van der Waals surface area contributed by atoms with E-state index < -0.39 is 5.60 Å². The predicted octanol–water partition coefficient (Wildman–Crippen LogP) is 3.33. The average Bonchev–Trinajstić information content (AvgIpc) is 2.62. The van der Waals surface area contributed by atoms with E-state index in [-0.39, 0.29) is 24.2 Å². The highest BCUT2D eigenvalue weighted by atomic mass is 16.6. The Balaban J connectivity index is 2.10.